The molecule has 0 aromatic heterocycles. The van der Waals surface area contributed by atoms with E-state index in [9.17, 15) is 5.11 Å². The van der Waals surface area contributed by atoms with E-state index in [1.165, 1.54) is 11.1 Å². The summed E-state index contributed by atoms with van der Waals surface area (Å²) in [6, 6.07) is 20.4. The molecule has 0 amide bonds. The molecule has 0 spiro atoms. The van der Waals surface area contributed by atoms with Gasteiger partial charge >= 0.3 is 0 Å². The minimum Gasteiger partial charge on any atom is -0.505 e. The van der Waals surface area contributed by atoms with Crippen molar-refractivity contribution in [2.75, 3.05) is 6.54 Å². The molecule has 0 aliphatic carbocycles. The van der Waals surface area contributed by atoms with Crippen molar-refractivity contribution in [3.05, 3.63) is 108 Å². The van der Waals surface area contributed by atoms with E-state index in [2.05, 4.69) is 36.2 Å². The van der Waals surface area contributed by atoms with Gasteiger partial charge in [0.15, 0.2) is 0 Å². The van der Waals surface area contributed by atoms with Crippen LogP contribution < -0.4 is 5.32 Å². The van der Waals surface area contributed by atoms with Gasteiger partial charge in [-0.2, -0.15) is 0 Å². The zero-order chi connectivity index (χ0) is 16.8. The summed E-state index contributed by atoms with van der Waals surface area (Å²) in [5.41, 5.74) is 3.90. The van der Waals surface area contributed by atoms with Crippen LogP contribution >= 0.6 is 0 Å². The smallest absolute Gasteiger partial charge is 0.143 e. The Morgan fingerprint density at radius 1 is 0.875 bits per heavy atom. The highest BCUT2D eigenvalue weighted by molar-refractivity contribution is 5.39. The Kier molecular flexibility index (Phi) is 5.14. The van der Waals surface area contributed by atoms with E-state index in [-0.39, 0.29) is 5.76 Å². The predicted molar refractivity (Wildman–Crippen MR) is 98.1 cm³/mol. The van der Waals surface area contributed by atoms with Gasteiger partial charge in [-0.05, 0) is 17.2 Å². The summed E-state index contributed by atoms with van der Waals surface area (Å²) in [6.45, 7) is 6.10. The number of nitrogens with zero attached hydrogens (tertiary/aromatic N) is 1. The average Bonchev–Trinajstić information content (AvgIpc) is 2.63. The number of aliphatic hydroxyl groups excluding tert-OH is 1. The van der Waals surface area contributed by atoms with Crippen molar-refractivity contribution in [1.29, 1.82) is 0 Å². The first-order chi connectivity index (χ1) is 11.7. The lowest BCUT2D eigenvalue weighted by molar-refractivity contribution is 0.350. The first-order valence-corrected chi connectivity index (χ1v) is 8.09. The van der Waals surface area contributed by atoms with Gasteiger partial charge in [0.05, 0.1) is 5.70 Å². The fourth-order valence-electron chi connectivity index (χ4n) is 2.68. The maximum atomic E-state index is 10.4. The SMILES string of the molecule is C=C1C(O)=C(CNCc2ccccc2)C=CN1Cc1ccccc1. The molecule has 122 valence electrons. The van der Waals surface area contributed by atoms with Gasteiger partial charge in [0.25, 0.3) is 0 Å². The van der Waals surface area contributed by atoms with Gasteiger partial charge in [-0.25, -0.2) is 0 Å². The van der Waals surface area contributed by atoms with E-state index in [0.29, 0.717) is 18.8 Å². The fraction of sp³-hybridized carbons (Fsp3) is 0.143. The van der Waals surface area contributed by atoms with Crippen molar-refractivity contribution in [2.24, 2.45) is 0 Å². The number of rotatable bonds is 6. The van der Waals surface area contributed by atoms with Gasteiger partial charge in [0.2, 0.25) is 0 Å². The molecule has 2 N–H and O–H groups in total. The molecule has 1 aliphatic heterocycles. The standard InChI is InChI=1S/C21H22N2O/c1-17-21(24)20(15-22-14-18-8-4-2-5-9-18)12-13-23(17)16-19-10-6-3-7-11-19/h2-13,22,24H,1,14-16H2. The van der Waals surface area contributed by atoms with E-state index in [0.717, 1.165) is 12.1 Å². The fourth-order valence-corrected chi connectivity index (χ4v) is 2.68. The van der Waals surface area contributed by atoms with Crippen molar-refractivity contribution >= 4 is 0 Å². The molecular weight excluding hydrogens is 296 g/mol. The van der Waals surface area contributed by atoms with E-state index in [4.69, 9.17) is 0 Å². The molecule has 1 heterocycles. The van der Waals surface area contributed by atoms with Crippen LogP contribution in [0.4, 0.5) is 0 Å². The van der Waals surface area contributed by atoms with Crippen molar-refractivity contribution in [3.63, 3.8) is 0 Å². The van der Waals surface area contributed by atoms with Crippen LogP contribution in [0, 0.1) is 0 Å². The van der Waals surface area contributed by atoms with Crippen molar-refractivity contribution in [3.8, 4) is 0 Å². The Morgan fingerprint density at radius 3 is 2.17 bits per heavy atom. The number of hydrogen-bond donors (Lipinski definition) is 2. The summed E-state index contributed by atoms with van der Waals surface area (Å²) < 4.78 is 0. The summed E-state index contributed by atoms with van der Waals surface area (Å²) in [5, 5.41) is 13.8. The monoisotopic (exact) mass is 318 g/mol. The van der Waals surface area contributed by atoms with Crippen LogP contribution in [0.5, 0.6) is 0 Å². The topological polar surface area (TPSA) is 35.5 Å². The molecule has 3 rings (SSSR count). The zero-order valence-electron chi connectivity index (χ0n) is 13.7. The van der Waals surface area contributed by atoms with Crippen LogP contribution in [-0.2, 0) is 13.1 Å². The van der Waals surface area contributed by atoms with Crippen LogP contribution in [0.1, 0.15) is 11.1 Å². The van der Waals surface area contributed by atoms with Gasteiger partial charge in [-0.3, -0.25) is 0 Å². The highest BCUT2D eigenvalue weighted by Crippen LogP contribution is 2.23. The molecule has 0 bridgehead atoms. The lowest BCUT2D eigenvalue weighted by Gasteiger charge is -2.27. The Hall–Kier alpha value is -2.78. The first-order valence-electron chi connectivity index (χ1n) is 8.09. The molecule has 24 heavy (non-hydrogen) atoms. The summed E-state index contributed by atoms with van der Waals surface area (Å²) in [6.07, 6.45) is 3.93. The van der Waals surface area contributed by atoms with E-state index in [1.807, 2.05) is 53.6 Å². The predicted octanol–water partition coefficient (Wildman–Crippen LogP) is 4.13. The number of benzene rings is 2. The molecule has 0 atom stereocenters. The summed E-state index contributed by atoms with van der Waals surface area (Å²) in [4.78, 5) is 1.96. The molecule has 3 heteroatoms. The molecule has 0 saturated carbocycles. The molecule has 0 fully saturated rings. The van der Waals surface area contributed by atoms with E-state index >= 15 is 0 Å². The second-order valence-corrected chi connectivity index (χ2v) is 5.84. The van der Waals surface area contributed by atoms with Crippen LogP contribution in [0.15, 0.2) is 96.5 Å². The Labute approximate surface area is 143 Å². The third-order valence-corrected chi connectivity index (χ3v) is 4.06. The van der Waals surface area contributed by atoms with E-state index in [1.54, 1.807) is 0 Å². The quantitative estimate of drug-likeness (QED) is 0.840. The number of aliphatic hydroxyl groups is 1. The van der Waals surface area contributed by atoms with Crippen molar-refractivity contribution in [1.82, 2.24) is 10.2 Å². The molecule has 0 unspecified atom stereocenters. The maximum Gasteiger partial charge on any atom is 0.143 e. The number of hydrogen-bond acceptors (Lipinski definition) is 3. The summed E-state index contributed by atoms with van der Waals surface area (Å²) >= 11 is 0. The van der Waals surface area contributed by atoms with Gasteiger partial charge in [-0.15, -0.1) is 0 Å². The van der Waals surface area contributed by atoms with Gasteiger partial charge in [0.1, 0.15) is 5.76 Å². The van der Waals surface area contributed by atoms with Crippen LogP contribution in [0.2, 0.25) is 0 Å². The molecule has 2 aromatic rings. The highest BCUT2D eigenvalue weighted by atomic mass is 16.3. The molecule has 0 radical (unpaired) electrons. The minimum atomic E-state index is 0.258. The second kappa shape index (κ2) is 7.66. The Bertz CT molecular complexity index is 748. The normalized spacial score (nSPS) is 14.3. The molecule has 0 saturated heterocycles. The summed E-state index contributed by atoms with van der Waals surface area (Å²) in [5.74, 6) is 0.258. The van der Waals surface area contributed by atoms with Gasteiger partial charge < -0.3 is 15.3 Å². The van der Waals surface area contributed by atoms with Crippen molar-refractivity contribution in [2.45, 2.75) is 13.1 Å². The van der Waals surface area contributed by atoms with Crippen molar-refractivity contribution < 1.29 is 5.11 Å². The largest absolute Gasteiger partial charge is 0.505 e. The lowest BCUT2D eigenvalue weighted by Crippen LogP contribution is -2.24. The minimum absolute atomic E-state index is 0.258. The third-order valence-electron chi connectivity index (χ3n) is 4.06. The zero-order valence-corrected chi connectivity index (χ0v) is 13.7. The number of nitrogens with one attached hydrogen (secondary N) is 1. The van der Waals surface area contributed by atoms with Crippen LogP contribution in [0.3, 0.4) is 0 Å². The maximum absolute atomic E-state index is 10.4. The van der Waals surface area contributed by atoms with Crippen LogP contribution in [0.25, 0.3) is 0 Å². The van der Waals surface area contributed by atoms with Gasteiger partial charge in [0, 0.05) is 31.4 Å². The molecular formula is C21H22N2O. The lowest BCUT2D eigenvalue weighted by atomic mass is 10.1. The highest BCUT2D eigenvalue weighted by Gasteiger charge is 2.17. The second-order valence-electron chi connectivity index (χ2n) is 5.84. The Balaban J connectivity index is 1.58. The molecule has 2 aromatic carbocycles. The van der Waals surface area contributed by atoms with E-state index < -0.39 is 0 Å². The first kappa shape index (κ1) is 16.1. The van der Waals surface area contributed by atoms with Gasteiger partial charge in [-0.1, -0.05) is 67.2 Å². The average molecular weight is 318 g/mol. The summed E-state index contributed by atoms with van der Waals surface area (Å²) in [7, 11) is 0. The Morgan fingerprint density at radius 2 is 1.50 bits per heavy atom. The van der Waals surface area contributed by atoms with Crippen LogP contribution in [-0.4, -0.2) is 16.6 Å². The third kappa shape index (κ3) is 3.94. The molecule has 1 aliphatic rings. The molecule has 3 nitrogen and oxygen atoms in total.